The van der Waals surface area contributed by atoms with Crippen LogP contribution in [0.3, 0.4) is 0 Å². The Morgan fingerprint density at radius 2 is 1.11 bits per heavy atom. The molecular weight excluding hydrogens is 519 g/mol. The Kier molecular flexibility index (Phi) is 7.60. The average Bonchev–Trinajstić information content (AvgIpc) is 2.80. The fourth-order valence-corrected chi connectivity index (χ4v) is 5.32. The van der Waals surface area contributed by atoms with Gasteiger partial charge in [0, 0.05) is 0 Å². The van der Waals surface area contributed by atoms with Gasteiger partial charge in [-0.05, 0) is 0 Å². The van der Waals surface area contributed by atoms with Crippen molar-refractivity contribution in [1.82, 2.24) is 0 Å². The van der Waals surface area contributed by atoms with Gasteiger partial charge in [-0.3, -0.25) is 0 Å². The Morgan fingerprint density at radius 3 is 1.71 bits per heavy atom. The molecule has 0 amide bonds. The Hall–Kier alpha value is -3.12. The van der Waals surface area contributed by atoms with Gasteiger partial charge in [-0.15, -0.1) is 0 Å². The molecule has 0 saturated carbocycles. The second-order valence-corrected chi connectivity index (χ2v) is 10.0. The van der Waals surface area contributed by atoms with Crippen LogP contribution < -0.4 is 0 Å². The molecule has 179 valence electrons. The first-order chi connectivity index (χ1) is 16.8. The van der Waals surface area contributed by atoms with Gasteiger partial charge in [0.1, 0.15) is 0 Å². The zero-order valence-electron chi connectivity index (χ0n) is 21.3. The van der Waals surface area contributed by atoms with Crippen LogP contribution in [0.1, 0.15) is 33.4 Å². The van der Waals surface area contributed by atoms with Crippen LogP contribution in [0, 0.1) is 41.5 Å². The minimum absolute atomic E-state index is 1.01. The van der Waals surface area contributed by atoms with Crippen molar-refractivity contribution in [1.29, 1.82) is 0 Å². The predicted molar refractivity (Wildman–Crippen MR) is 146 cm³/mol. The van der Waals surface area contributed by atoms with Gasteiger partial charge in [-0.25, -0.2) is 0 Å². The number of benzene rings is 4. The third-order valence-electron chi connectivity index (χ3n) is 6.35. The van der Waals surface area contributed by atoms with E-state index in [1.54, 1.807) is 0 Å². The summed E-state index contributed by atoms with van der Waals surface area (Å²) in [6, 6.07) is 26.0. The van der Waals surface area contributed by atoms with E-state index in [1.807, 2.05) is 15.6 Å². The molecule has 0 unspecified atom stereocenters. The van der Waals surface area contributed by atoms with Crippen molar-refractivity contribution in [2.24, 2.45) is 4.99 Å². The van der Waals surface area contributed by atoms with Gasteiger partial charge in [0.2, 0.25) is 0 Å². The quantitative estimate of drug-likeness (QED) is 0.175. The third kappa shape index (κ3) is 5.43. The first-order valence-corrected chi connectivity index (χ1v) is 12.6. The molecule has 0 heterocycles. The van der Waals surface area contributed by atoms with Crippen LogP contribution in [0.5, 0.6) is 0 Å². The first-order valence-electron chi connectivity index (χ1n) is 11.9. The zero-order valence-corrected chi connectivity index (χ0v) is 22.8. The third-order valence-corrected chi connectivity index (χ3v) is 6.93. The molecule has 0 bridgehead atoms. The molecule has 3 heteroatoms. The summed E-state index contributed by atoms with van der Waals surface area (Å²) in [5.74, 6) is 0. The van der Waals surface area contributed by atoms with Gasteiger partial charge < -0.3 is 0 Å². The van der Waals surface area contributed by atoms with E-state index in [4.69, 9.17) is 4.99 Å². The molecule has 0 spiro atoms. The number of aliphatic imine (C=N–C) groups is 1. The van der Waals surface area contributed by atoms with Crippen molar-refractivity contribution in [3.8, 4) is 22.3 Å². The Bertz CT molecular complexity index is 1460. The summed E-state index contributed by atoms with van der Waals surface area (Å²) in [5, 5.41) is 0. The standard InChI is InChI=1S/C32H32N2.Pd/c1-21-17-25(5)31(29(19-21)27-13-9-7-11-23(27)3)33-15-16-34-32-26(6)18-22(2)20-30(32)28-14-10-8-12-24(28)4;/h7-20H,1-6H3;/q;+1. The van der Waals surface area contributed by atoms with Crippen molar-refractivity contribution in [2.75, 3.05) is 0 Å². The molecule has 4 aromatic rings. The van der Waals surface area contributed by atoms with Crippen LogP contribution in [-0.4, -0.2) is 15.6 Å². The van der Waals surface area contributed by atoms with Gasteiger partial charge in [-0.1, -0.05) is 0 Å². The average molecular weight is 551 g/mol. The molecule has 4 rings (SSSR count). The van der Waals surface area contributed by atoms with Gasteiger partial charge in [-0.2, -0.15) is 0 Å². The number of aryl methyl sites for hydroxylation is 6. The summed E-state index contributed by atoms with van der Waals surface area (Å²) >= 11 is 3.46. The monoisotopic (exact) mass is 550 g/mol. The maximum absolute atomic E-state index is 4.95. The number of hydrogen-bond donors (Lipinski definition) is 0. The van der Waals surface area contributed by atoms with Crippen molar-refractivity contribution >= 4 is 23.8 Å². The van der Waals surface area contributed by atoms with Crippen molar-refractivity contribution < 1.29 is 22.7 Å². The summed E-state index contributed by atoms with van der Waals surface area (Å²) in [4.78, 5) is 4.95. The van der Waals surface area contributed by atoms with E-state index in [-0.39, 0.29) is 0 Å². The van der Waals surface area contributed by atoms with Crippen molar-refractivity contribution in [2.45, 2.75) is 41.5 Å². The molecule has 2 nitrogen and oxygen atoms in total. The van der Waals surface area contributed by atoms with E-state index >= 15 is 0 Å². The normalized spacial score (nSPS) is 11.9. The van der Waals surface area contributed by atoms with Crippen molar-refractivity contribution in [3.63, 3.8) is 0 Å². The molecule has 0 saturated heterocycles. The predicted octanol–water partition coefficient (Wildman–Crippen LogP) is 8.45. The van der Waals surface area contributed by atoms with E-state index in [2.05, 4.69) is 134 Å². The summed E-state index contributed by atoms with van der Waals surface area (Å²) in [6.45, 7) is 12.9. The van der Waals surface area contributed by atoms with E-state index in [0.717, 1.165) is 11.4 Å². The molecule has 0 aliphatic heterocycles. The Morgan fingerprint density at radius 1 is 0.600 bits per heavy atom. The van der Waals surface area contributed by atoms with E-state index in [9.17, 15) is 0 Å². The Labute approximate surface area is 220 Å². The molecule has 0 radical (unpaired) electrons. The molecule has 0 aliphatic carbocycles. The van der Waals surface area contributed by atoms with Gasteiger partial charge in [0.15, 0.2) is 0 Å². The molecular formula is C32H32N2Pd+. The molecule has 0 aromatic heterocycles. The summed E-state index contributed by atoms with van der Waals surface area (Å²) in [7, 11) is 0. The molecule has 0 aliphatic rings. The number of nitrogens with zero attached hydrogens (tertiary/aromatic N) is 2. The van der Waals surface area contributed by atoms with Gasteiger partial charge >= 0.3 is 221 Å². The SMILES string of the molecule is Cc1cc(C)c(N=CC=[N+]([Pd])c2c(C)cc(C)cc2-c2ccccc2C)c(-c2ccccc2C)c1. The molecule has 35 heavy (non-hydrogen) atoms. The van der Waals surface area contributed by atoms with Gasteiger partial charge in [0.25, 0.3) is 0 Å². The minimum atomic E-state index is 1.01. The van der Waals surface area contributed by atoms with Crippen LogP contribution in [0.2, 0.25) is 0 Å². The summed E-state index contributed by atoms with van der Waals surface area (Å²) in [5.41, 5.74) is 14.4. The molecule has 0 atom stereocenters. The summed E-state index contributed by atoms with van der Waals surface area (Å²) in [6.07, 6.45) is 3.90. The molecule has 4 aromatic carbocycles. The topological polar surface area (TPSA) is 15.4 Å². The van der Waals surface area contributed by atoms with Crippen LogP contribution in [0.25, 0.3) is 22.3 Å². The van der Waals surface area contributed by atoms with Crippen LogP contribution in [0.4, 0.5) is 11.4 Å². The van der Waals surface area contributed by atoms with E-state index < -0.39 is 0 Å². The maximum atomic E-state index is 4.95. The summed E-state index contributed by atoms with van der Waals surface area (Å²) < 4.78 is 2.04. The van der Waals surface area contributed by atoms with E-state index in [0.29, 0.717) is 0 Å². The second-order valence-electron chi connectivity index (χ2n) is 9.29. The molecule has 0 fully saturated rings. The number of rotatable bonds is 5. The van der Waals surface area contributed by atoms with Crippen LogP contribution >= 0.6 is 0 Å². The van der Waals surface area contributed by atoms with Crippen LogP contribution in [0.15, 0.2) is 77.8 Å². The van der Waals surface area contributed by atoms with E-state index in [1.165, 1.54) is 55.6 Å². The first kappa shape index (κ1) is 25.0. The van der Waals surface area contributed by atoms with Gasteiger partial charge in [0.05, 0.1) is 0 Å². The number of hydrogen-bond acceptors (Lipinski definition) is 1. The second kappa shape index (κ2) is 10.7. The zero-order chi connectivity index (χ0) is 25.1. The Balaban J connectivity index is 1.80. The van der Waals surface area contributed by atoms with Crippen LogP contribution in [-0.2, 0) is 19.4 Å². The molecule has 0 N–H and O–H groups in total. The fourth-order valence-electron chi connectivity index (χ4n) is 4.75. The van der Waals surface area contributed by atoms with Crippen molar-refractivity contribution in [3.05, 3.63) is 106 Å². The fraction of sp³-hybridized carbons (Fsp3) is 0.188.